The van der Waals surface area contributed by atoms with Gasteiger partial charge in [0.1, 0.15) is 0 Å². The molecule has 3 rings (SSSR count). The number of nitrogens with zero attached hydrogens (tertiary/aromatic N) is 1. The first-order chi connectivity index (χ1) is 10.2. The summed E-state index contributed by atoms with van der Waals surface area (Å²) in [7, 11) is 0. The summed E-state index contributed by atoms with van der Waals surface area (Å²) in [6.45, 7) is 4.04. The Bertz CT molecular complexity index is 756. The summed E-state index contributed by atoms with van der Waals surface area (Å²) in [5.74, 6) is 1.67. The molecule has 0 atom stereocenters. The molecule has 3 aromatic rings. The van der Waals surface area contributed by atoms with Crippen LogP contribution in [0.5, 0.6) is 11.5 Å². The van der Waals surface area contributed by atoms with Gasteiger partial charge in [0.15, 0.2) is 0 Å². The van der Waals surface area contributed by atoms with Crippen molar-refractivity contribution in [2.75, 3.05) is 0 Å². The van der Waals surface area contributed by atoms with Crippen LogP contribution < -0.4 is 7.06 Å². The maximum absolute atomic E-state index is 5.88. The van der Waals surface area contributed by atoms with Crippen LogP contribution in [0, 0.1) is 13.8 Å². The van der Waals surface area contributed by atoms with Crippen molar-refractivity contribution in [3.05, 3.63) is 65.9 Å². The molecule has 0 aliphatic rings. The molecular weight excluding hydrogens is 320 g/mol. The van der Waals surface area contributed by atoms with E-state index in [2.05, 4.69) is 18.0 Å². The number of pyridine rings is 1. The number of benzene rings is 2. The van der Waals surface area contributed by atoms with E-state index in [1.165, 1.54) is 5.56 Å². The first kappa shape index (κ1) is 14.0. The van der Waals surface area contributed by atoms with E-state index in [4.69, 9.17) is 7.06 Å². The van der Waals surface area contributed by atoms with Crippen molar-refractivity contribution in [3.8, 4) is 11.5 Å². The van der Waals surface area contributed by atoms with E-state index in [-0.39, 0.29) is 0 Å². The van der Waals surface area contributed by atoms with Crippen LogP contribution in [0.3, 0.4) is 0 Å². The minimum absolute atomic E-state index is 0.809. The van der Waals surface area contributed by atoms with Gasteiger partial charge in [-0.1, -0.05) is 0 Å². The summed E-state index contributed by atoms with van der Waals surface area (Å²) in [6, 6.07) is 18.1. The minimum atomic E-state index is -1.30. The first-order valence-corrected chi connectivity index (χ1v) is 8.78. The zero-order valence-electron chi connectivity index (χ0n) is 12.0. The summed E-state index contributed by atoms with van der Waals surface area (Å²) in [6.07, 6.45) is 0. The van der Waals surface area contributed by atoms with Gasteiger partial charge in [-0.25, -0.2) is 0 Å². The Hall–Kier alpha value is -1.91. The van der Waals surface area contributed by atoms with Gasteiger partial charge < -0.3 is 0 Å². The van der Waals surface area contributed by atoms with Crippen LogP contribution in [0.4, 0.5) is 0 Å². The Labute approximate surface area is 132 Å². The second-order valence-electron chi connectivity index (χ2n) is 4.93. The van der Waals surface area contributed by atoms with Crippen molar-refractivity contribution in [2.45, 2.75) is 13.8 Å². The third-order valence-corrected chi connectivity index (χ3v) is 4.71. The number of rotatable bonds is 4. The molecule has 1 heterocycles. The second-order valence-corrected chi connectivity index (χ2v) is 6.32. The molecule has 0 aliphatic heterocycles. The number of fused-ring (bicyclic) bond motifs is 1. The third kappa shape index (κ3) is 3.40. The van der Waals surface area contributed by atoms with Crippen molar-refractivity contribution in [1.29, 1.82) is 0 Å². The number of para-hydroxylation sites is 1. The van der Waals surface area contributed by atoms with E-state index in [0.29, 0.717) is 0 Å². The van der Waals surface area contributed by atoms with Crippen LogP contribution in [0.2, 0.25) is 0 Å². The normalized spacial score (nSPS) is 10.4. The number of aryl methyl sites for hydroxylation is 2. The van der Waals surface area contributed by atoms with Gasteiger partial charge in [-0.2, -0.15) is 0 Å². The summed E-state index contributed by atoms with van der Waals surface area (Å²) < 4.78 is 11.6. The predicted octanol–water partition coefficient (Wildman–Crippen LogP) is 3.84. The standard InChI is InChI=1S/C10H9NO.C7H8O.Ga/c1-7-5-6-8-3-2-4-9(12)10(8)11-7;1-6-2-4-7(8)5-3-6;/h2-6,12H,1H3;2-5,8H,1H3;/q;;+2/p-2. The van der Waals surface area contributed by atoms with E-state index in [0.717, 1.165) is 28.1 Å². The first-order valence-electron chi connectivity index (χ1n) is 6.80. The molecule has 0 fully saturated rings. The Morgan fingerprint density at radius 1 is 0.857 bits per heavy atom. The van der Waals surface area contributed by atoms with Gasteiger partial charge >= 0.3 is 132 Å². The average molecular weight is 335 g/mol. The Morgan fingerprint density at radius 3 is 2.48 bits per heavy atom. The van der Waals surface area contributed by atoms with E-state index >= 15 is 0 Å². The van der Waals surface area contributed by atoms with Gasteiger partial charge in [-0.05, 0) is 0 Å². The summed E-state index contributed by atoms with van der Waals surface area (Å²) >= 11 is -1.30. The Kier molecular flexibility index (Phi) is 4.17. The molecule has 0 amide bonds. The van der Waals surface area contributed by atoms with Crippen molar-refractivity contribution in [3.63, 3.8) is 0 Å². The quantitative estimate of drug-likeness (QED) is 0.679. The zero-order valence-corrected chi connectivity index (χ0v) is 14.5. The SMILES string of the molecule is Cc1ccc([O][Ga][O]c2cccc3ccc(C)nc23)cc1. The number of aromatic nitrogens is 1. The monoisotopic (exact) mass is 334 g/mol. The molecule has 103 valence electrons. The predicted molar refractivity (Wildman–Crippen MR) is 84.7 cm³/mol. The fraction of sp³-hybridized carbons (Fsp3) is 0.118. The summed E-state index contributed by atoms with van der Waals surface area (Å²) in [5, 5.41) is 1.09. The molecule has 0 unspecified atom stereocenters. The molecule has 0 spiro atoms. The Balaban J connectivity index is 1.73. The molecule has 0 saturated carbocycles. The van der Waals surface area contributed by atoms with Crippen LogP contribution in [-0.2, 0) is 0 Å². The van der Waals surface area contributed by atoms with Crippen molar-refractivity contribution in [1.82, 2.24) is 4.98 Å². The molecule has 0 bridgehead atoms. The maximum atomic E-state index is 5.88. The van der Waals surface area contributed by atoms with Crippen LogP contribution in [0.15, 0.2) is 54.6 Å². The van der Waals surface area contributed by atoms with Crippen LogP contribution in [0.1, 0.15) is 11.3 Å². The molecule has 0 saturated heterocycles. The molecule has 0 aliphatic carbocycles. The molecule has 4 heteroatoms. The second kappa shape index (κ2) is 6.24. The molecule has 3 nitrogen and oxygen atoms in total. The Morgan fingerprint density at radius 2 is 1.67 bits per heavy atom. The van der Waals surface area contributed by atoms with Crippen LogP contribution >= 0.6 is 0 Å². The van der Waals surface area contributed by atoms with Crippen LogP contribution in [-0.4, -0.2) is 23.1 Å². The fourth-order valence-corrected chi connectivity index (χ4v) is 3.34. The van der Waals surface area contributed by atoms with Gasteiger partial charge in [-0.15, -0.1) is 0 Å². The van der Waals surface area contributed by atoms with Crippen molar-refractivity contribution < 1.29 is 7.06 Å². The van der Waals surface area contributed by atoms with Gasteiger partial charge in [0.25, 0.3) is 0 Å². The van der Waals surface area contributed by atoms with Gasteiger partial charge in [0.05, 0.1) is 0 Å². The van der Waals surface area contributed by atoms with Crippen molar-refractivity contribution in [2.24, 2.45) is 0 Å². The molecule has 21 heavy (non-hydrogen) atoms. The molecule has 2 aromatic carbocycles. The number of hydrogen-bond donors (Lipinski definition) is 0. The van der Waals surface area contributed by atoms with Gasteiger partial charge in [-0.3, -0.25) is 0 Å². The van der Waals surface area contributed by atoms with E-state index < -0.39 is 18.1 Å². The average Bonchev–Trinajstić information content (AvgIpc) is 2.50. The topological polar surface area (TPSA) is 31.4 Å². The fourth-order valence-electron chi connectivity index (χ4n) is 2.06. The van der Waals surface area contributed by atoms with Gasteiger partial charge in [0.2, 0.25) is 0 Å². The summed E-state index contributed by atoms with van der Waals surface area (Å²) in [4.78, 5) is 4.56. The summed E-state index contributed by atoms with van der Waals surface area (Å²) in [5.41, 5.74) is 3.12. The van der Waals surface area contributed by atoms with Crippen LogP contribution in [0.25, 0.3) is 10.9 Å². The molecular formula is C17H15GaNO2. The van der Waals surface area contributed by atoms with E-state index in [9.17, 15) is 0 Å². The molecule has 1 radical (unpaired) electrons. The van der Waals surface area contributed by atoms with Crippen molar-refractivity contribution >= 4 is 29.0 Å². The van der Waals surface area contributed by atoms with E-state index in [1.54, 1.807) is 0 Å². The number of hydrogen-bond acceptors (Lipinski definition) is 3. The molecule has 0 N–H and O–H groups in total. The van der Waals surface area contributed by atoms with Gasteiger partial charge in [0, 0.05) is 0 Å². The van der Waals surface area contributed by atoms with E-state index in [1.807, 2.05) is 55.5 Å². The molecule has 1 aromatic heterocycles. The third-order valence-electron chi connectivity index (χ3n) is 3.20. The zero-order chi connectivity index (χ0) is 14.7.